The van der Waals surface area contributed by atoms with Gasteiger partial charge in [0.1, 0.15) is 11.5 Å². The smallest absolute Gasteiger partial charge is 0.336 e. The van der Waals surface area contributed by atoms with Crippen molar-refractivity contribution < 1.29 is 19.4 Å². The maximum absolute atomic E-state index is 11.4. The summed E-state index contributed by atoms with van der Waals surface area (Å²) in [5.41, 5.74) is 2.83. The number of nitrogens with zero attached hydrogens (tertiary/aromatic N) is 2. The molecule has 0 bridgehead atoms. The third-order valence-electron chi connectivity index (χ3n) is 5.19. The third-order valence-corrected chi connectivity index (χ3v) is 5.19. The van der Waals surface area contributed by atoms with Crippen LogP contribution in [-0.2, 0) is 13.0 Å². The van der Waals surface area contributed by atoms with E-state index in [0.717, 1.165) is 36.7 Å². The minimum absolute atomic E-state index is 0.115. The summed E-state index contributed by atoms with van der Waals surface area (Å²) in [6.45, 7) is 2.64. The molecule has 2 aromatic heterocycles. The van der Waals surface area contributed by atoms with Crippen LogP contribution in [0.2, 0.25) is 0 Å². The molecule has 1 atom stereocenters. The Morgan fingerprint density at radius 3 is 2.96 bits per heavy atom. The Bertz CT molecular complexity index is 962. The van der Waals surface area contributed by atoms with Crippen molar-refractivity contribution in [1.82, 2.24) is 15.1 Å². The predicted molar refractivity (Wildman–Crippen MR) is 103 cm³/mol. The highest BCUT2D eigenvalue weighted by Crippen LogP contribution is 2.30. The number of likely N-dealkylation sites (tertiary alicyclic amines) is 1. The topological polar surface area (TPSA) is 103 Å². The van der Waals surface area contributed by atoms with E-state index in [1.807, 2.05) is 24.3 Å². The van der Waals surface area contributed by atoms with Gasteiger partial charge in [-0.25, -0.2) is 4.79 Å². The van der Waals surface area contributed by atoms with E-state index >= 15 is 0 Å². The van der Waals surface area contributed by atoms with Crippen LogP contribution >= 0.6 is 0 Å². The molecule has 1 unspecified atom stereocenters. The molecule has 28 heavy (non-hydrogen) atoms. The molecule has 0 radical (unpaired) electrons. The van der Waals surface area contributed by atoms with Crippen LogP contribution in [0, 0.1) is 0 Å². The molecule has 1 fully saturated rings. The van der Waals surface area contributed by atoms with Gasteiger partial charge >= 0.3 is 5.97 Å². The summed E-state index contributed by atoms with van der Waals surface area (Å²) < 4.78 is 5.94. The number of aromatic carboxylic acids is 1. The van der Waals surface area contributed by atoms with Crippen molar-refractivity contribution in [3.63, 3.8) is 0 Å². The highest BCUT2D eigenvalue weighted by atomic mass is 16.4. The Hall–Kier alpha value is -2.90. The van der Waals surface area contributed by atoms with Crippen molar-refractivity contribution in [3.8, 4) is 11.3 Å². The van der Waals surface area contributed by atoms with Gasteiger partial charge in [0.15, 0.2) is 0 Å². The number of aromatic nitrogens is 2. The maximum atomic E-state index is 11.4. The van der Waals surface area contributed by atoms with Crippen molar-refractivity contribution >= 4 is 5.97 Å². The van der Waals surface area contributed by atoms with Gasteiger partial charge < -0.3 is 14.6 Å². The molecule has 0 amide bonds. The van der Waals surface area contributed by atoms with Gasteiger partial charge in [0.25, 0.3) is 0 Å². The summed E-state index contributed by atoms with van der Waals surface area (Å²) in [4.78, 5) is 13.7. The molecule has 3 N–H and O–H groups in total. The number of aliphatic hydroxyl groups excluding tert-OH is 1. The Morgan fingerprint density at radius 2 is 2.14 bits per heavy atom. The maximum Gasteiger partial charge on any atom is 0.336 e. The molecular weight excluding hydrogens is 358 g/mol. The number of aliphatic hydroxyl groups is 1. The average molecular weight is 381 g/mol. The van der Waals surface area contributed by atoms with E-state index in [1.165, 1.54) is 0 Å². The number of carboxylic acid groups (broad SMARTS) is 1. The third kappa shape index (κ3) is 3.85. The fourth-order valence-electron chi connectivity index (χ4n) is 3.77. The molecular formula is C21H23N3O4. The van der Waals surface area contributed by atoms with Crippen LogP contribution in [0.25, 0.3) is 11.3 Å². The van der Waals surface area contributed by atoms with Gasteiger partial charge in [0, 0.05) is 36.7 Å². The predicted octanol–water partition coefficient (Wildman–Crippen LogP) is 2.89. The summed E-state index contributed by atoms with van der Waals surface area (Å²) >= 11 is 0. The van der Waals surface area contributed by atoms with E-state index in [-0.39, 0.29) is 12.2 Å². The van der Waals surface area contributed by atoms with Gasteiger partial charge in [0.05, 0.1) is 17.8 Å². The minimum atomic E-state index is -0.962. The van der Waals surface area contributed by atoms with Crippen LogP contribution in [0.5, 0.6) is 0 Å². The van der Waals surface area contributed by atoms with Crippen molar-refractivity contribution in [2.24, 2.45) is 0 Å². The first kappa shape index (κ1) is 18.5. The number of carbonyl (C=O) groups is 1. The van der Waals surface area contributed by atoms with E-state index in [2.05, 4.69) is 15.1 Å². The number of furan rings is 1. The lowest BCUT2D eigenvalue weighted by atomic mass is 10.0. The molecule has 1 aliphatic heterocycles. The summed E-state index contributed by atoms with van der Waals surface area (Å²) in [7, 11) is 0. The van der Waals surface area contributed by atoms with Gasteiger partial charge in [-0.05, 0) is 37.2 Å². The molecule has 7 heteroatoms. The zero-order chi connectivity index (χ0) is 19.5. The van der Waals surface area contributed by atoms with Gasteiger partial charge in [-0.1, -0.05) is 18.2 Å². The van der Waals surface area contributed by atoms with Crippen molar-refractivity contribution in [2.45, 2.75) is 25.3 Å². The van der Waals surface area contributed by atoms with Crippen LogP contribution < -0.4 is 0 Å². The first-order valence-corrected chi connectivity index (χ1v) is 9.43. The number of H-pyrrole nitrogens is 1. The summed E-state index contributed by atoms with van der Waals surface area (Å²) in [6.07, 6.45) is 1.62. The molecule has 1 aromatic carbocycles. The number of aromatic amines is 1. The van der Waals surface area contributed by atoms with E-state index < -0.39 is 5.97 Å². The number of rotatable bonds is 7. The number of benzene rings is 1. The zero-order valence-electron chi connectivity index (χ0n) is 15.5. The quantitative estimate of drug-likeness (QED) is 0.582. The van der Waals surface area contributed by atoms with E-state index in [0.29, 0.717) is 30.2 Å². The van der Waals surface area contributed by atoms with Crippen LogP contribution in [-0.4, -0.2) is 51.0 Å². The van der Waals surface area contributed by atoms with Crippen molar-refractivity contribution in [1.29, 1.82) is 0 Å². The second kappa shape index (κ2) is 8.00. The van der Waals surface area contributed by atoms with Crippen LogP contribution in [0.1, 0.15) is 39.8 Å². The Morgan fingerprint density at radius 1 is 1.29 bits per heavy atom. The van der Waals surface area contributed by atoms with Crippen molar-refractivity contribution in [3.05, 3.63) is 65.2 Å². The standard InChI is InChI=1S/C21H23N3O4/c25-10-8-15-11-19(23-22-15)14-7-9-24(12-14)13-16-5-6-20(28-16)17-3-1-2-4-18(17)21(26)27/h1-6,11,14,25H,7-10,12-13H2,(H,22,23)(H,26,27). The minimum Gasteiger partial charge on any atom is -0.478 e. The summed E-state index contributed by atoms with van der Waals surface area (Å²) in [6, 6.07) is 12.7. The van der Waals surface area contributed by atoms with E-state index in [9.17, 15) is 9.90 Å². The monoisotopic (exact) mass is 381 g/mol. The SMILES string of the molecule is O=C(O)c1ccccc1-c1ccc(CN2CCC(c3cc(CCO)[nH]n3)C2)o1. The number of nitrogens with one attached hydrogen (secondary N) is 1. The summed E-state index contributed by atoms with van der Waals surface area (Å²) in [5, 5.41) is 25.8. The van der Waals surface area contributed by atoms with Gasteiger partial charge in [-0.2, -0.15) is 5.10 Å². The van der Waals surface area contributed by atoms with Crippen LogP contribution in [0.15, 0.2) is 46.9 Å². The number of hydrogen-bond acceptors (Lipinski definition) is 5. The molecule has 3 aromatic rings. The lowest BCUT2D eigenvalue weighted by Gasteiger charge is -2.13. The Kier molecular flexibility index (Phi) is 5.27. The zero-order valence-corrected chi connectivity index (χ0v) is 15.5. The fourth-order valence-corrected chi connectivity index (χ4v) is 3.77. The van der Waals surface area contributed by atoms with E-state index in [1.54, 1.807) is 18.2 Å². The Labute approximate surface area is 162 Å². The normalized spacial score (nSPS) is 17.2. The lowest BCUT2D eigenvalue weighted by molar-refractivity contribution is 0.0697. The molecule has 3 heterocycles. The number of carboxylic acids is 1. The highest BCUT2D eigenvalue weighted by Gasteiger charge is 2.26. The molecule has 146 valence electrons. The van der Waals surface area contributed by atoms with Crippen LogP contribution in [0.4, 0.5) is 0 Å². The molecule has 0 saturated carbocycles. The molecule has 0 spiro atoms. The van der Waals surface area contributed by atoms with Gasteiger partial charge in [-0.3, -0.25) is 10.00 Å². The molecule has 1 saturated heterocycles. The second-order valence-corrected chi connectivity index (χ2v) is 7.13. The summed E-state index contributed by atoms with van der Waals surface area (Å²) in [5.74, 6) is 0.796. The number of hydrogen-bond donors (Lipinski definition) is 3. The fraction of sp³-hybridized carbons (Fsp3) is 0.333. The molecule has 0 aliphatic carbocycles. The van der Waals surface area contributed by atoms with Gasteiger partial charge in [0.2, 0.25) is 0 Å². The Balaban J connectivity index is 1.42. The second-order valence-electron chi connectivity index (χ2n) is 7.13. The largest absolute Gasteiger partial charge is 0.478 e. The molecule has 4 rings (SSSR count). The highest BCUT2D eigenvalue weighted by molar-refractivity contribution is 5.95. The van der Waals surface area contributed by atoms with Crippen molar-refractivity contribution in [2.75, 3.05) is 19.7 Å². The molecule has 1 aliphatic rings. The molecule has 7 nitrogen and oxygen atoms in total. The first-order valence-electron chi connectivity index (χ1n) is 9.43. The first-order chi connectivity index (χ1) is 13.6. The van der Waals surface area contributed by atoms with Gasteiger partial charge in [-0.15, -0.1) is 0 Å². The average Bonchev–Trinajstić information content (AvgIpc) is 3.43. The van der Waals surface area contributed by atoms with E-state index in [4.69, 9.17) is 9.52 Å². The lowest BCUT2D eigenvalue weighted by Crippen LogP contribution is -2.19. The van der Waals surface area contributed by atoms with Crippen LogP contribution in [0.3, 0.4) is 0 Å².